The van der Waals surface area contributed by atoms with Crippen LogP contribution >= 0.6 is 24.1 Å². The molecule has 2 amide bonds. The molecule has 0 aliphatic heterocycles. The molecular formula is C24H20N6O7S2. The minimum atomic E-state index is -0.319. The smallest absolute Gasteiger partial charge is 0.318 e. The quantitative estimate of drug-likeness (QED) is 0.0602. The fourth-order valence-corrected chi connectivity index (χ4v) is 3.98. The average molecular weight is 569 g/mol. The number of azo groups is 2. The van der Waals surface area contributed by atoms with Gasteiger partial charge in [-0.05, 0) is 72.8 Å². The maximum Gasteiger partial charge on any atom is 0.318 e. The number of amides is 2. The second kappa shape index (κ2) is 14.3. The molecule has 4 aromatic carbocycles. The molecular weight excluding hydrogens is 548 g/mol. The largest absolute Gasteiger partial charge is 0.341 e. The second-order valence-electron chi connectivity index (χ2n) is 7.41. The van der Waals surface area contributed by atoms with Crippen molar-refractivity contribution < 1.29 is 34.1 Å². The van der Waals surface area contributed by atoms with E-state index in [1.807, 2.05) is 6.07 Å². The molecule has 0 radical (unpaired) electrons. The third kappa shape index (κ3) is 8.03. The van der Waals surface area contributed by atoms with Crippen LogP contribution in [0.15, 0.2) is 109 Å². The highest BCUT2D eigenvalue weighted by molar-refractivity contribution is 7.94. The highest BCUT2D eigenvalue weighted by Crippen LogP contribution is 2.38. The minimum absolute atomic E-state index is 0.319. The van der Waals surface area contributed by atoms with Crippen molar-refractivity contribution in [2.24, 2.45) is 20.5 Å². The summed E-state index contributed by atoms with van der Waals surface area (Å²) in [6.07, 6.45) is 0. The van der Waals surface area contributed by atoms with Crippen molar-refractivity contribution >= 4 is 69.3 Å². The summed E-state index contributed by atoms with van der Waals surface area (Å²) in [5.41, 5.74) is 2.93. The van der Waals surface area contributed by atoms with Crippen LogP contribution in [-0.4, -0.2) is 23.6 Å². The van der Waals surface area contributed by atoms with Crippen molar-refractivity contribution in [3.8, 4) is 0 Å². The summed E-state index contributed by atoms with van der Waals surface area (Å²) in [6.45, 7) is 0. The zero-order chi connectivity index (χ0) is 27.5. The Morgan fingerprint density at radius 1 is 0.692 bits per heavy atom. The molecule has 0 saturated heterocycles. The molecule has 0 atom stereocenters. The number of anilines is 1. The number of benzene rings is 4. The topological polar surface area (TPSA) is 168 Å². The molecule has 13 nitrogen and oxygen atoms in total. The van der Waals surface area contributed by atoms with Crippen LogP contribution in [0.25, 0.3) is 10.8 Å². The third-order valence-electron chi connectivity index (χ3n) is 5.00. The number of fused-ring (bicyclic) bond motifs is 1. The van der Waals surface area contributed by atoms with Crippen molar-refractivity contribution in [2.45, 2.75) is 9.79 Å². The second-order valence-corrected chi connectivity index (χ2v) is 8.96. The first-order chi connectivity index (χ1) is 19.1. The maximum atomic E-state index is 11.5. The Kier molecular flexibility index (Phi) is 10.3. The number of urea groups is 1. The van der Waals surface area contributed by atoms with E-state index in [2.05, 4.69) is 49.8 Å². The number of nitrogens with zero attached hydrogens (tertiary/aromatic N) is 4. The van der Waals surface area contributed by atoms with Crippen LogP contribution in [0.4, 0.5) is 33.2 Å². The SMILES string of the molecule is CNC(=O)Nc1ccc(N=Nc2ccc(N=Nc3ccc(SOOO)cc3)c3cc(SOOO)ccc23)cc1. The van der Waals surface area contributed by atoms with E-state index < -0.39 is 0 Å². The Hall–Kier alpha value is -3.93. The van der Waals surface area contributed by atoms with Crippen LogP contribution in [0.1, 0.15) is 0 Å². The normalized spacial score (nSPS) is 11.5. The molecule has 4 N–H and O–H groups in total. The van der Waals surface area contributed by atoms with E-state index in [-0.39, 0.29) is 6.03 Å². The Labute approximate surface area is 230 Å². The predicted molar refractivity (Wildman–Crippen MR) is 145 cm³/mol. The van der Waals surface area contributed by atoms with Crippen LogP contribution < -0.4 is 10.6 Å². The van der Waals surface area contributed by atoms with E-state index in [1.165, 1.54) is 7.05 Å². The average Bonchev–Trinajstić information content (AvgIpc) is 2.98. The van der Waals surface area contributed by atoms with Crippen LogP contribution in [0.3, 0.4) is 0 Å². The van der Waals surface area contributed by atoms with Gasteiger partial charge in [-0.3, -0.25) is 0 Å². The number of rotatable bonds is 11. The standard InChI is InChI=1S/C24H20N6O7S2/c1-25-24(31)26-15-2-4-16(5-3-15)27-29-22-12-13-23(21-14-19(39-37-35-33)10-11-20(21)22)30-28-17-6-8-18(9-7-17)38-36-34-32/h2-14,32-33H,1H3,(H2,25,26,31). The Bertz CT molecular complexity index is 1470. The lowest BCUT2D eigenvalue weighted by atomic mass is 10.1. The molecule has 0 spiro atoms. The molecule has 39 heavy (non-hydrogen) atoms. The summed E-state index contributed by atoms with van der Waals surface area (Å²) >= 11 is 1.65. The zero-order valence-electron chi connectivity index (χ0n) is 20.0. The summed E-state index contributed by atoms with van der Waals surface area (Å²) in [6, 6.07) is 22.4. The first-order valence-electron chi connectivity index (χ1n) is 11.0. The molecule has 0 aliphatic carbocycles. The molecule has 0 aliphatic rings. The lowest BCUT2D eigenvalue weighted by Crippen LogP contribution is -2.24. The highest BCUT2D eigenvalue weighted by Gasteiger charge is 2.09. The monoisotopic (exact) mass is 568 g/mol. The lowest BCUT2D eigenvalue weighted by molar-refractivity contribution is -0.432. The number of hydrogen-bond donors (Lipinski definition) is 4. The summed E-state index contributed by atoms with van der Waals surface area (Å²) in [5, 5.41) is 48.1. The molecule has 0 fully saturated rings. The van der Waals surface area contributed by atoms with Gasteiger partial charge in [0, 0.05) is 33.3 Å². The van der Waals surface area contributed by atoms with E-state index in [9.17, 15) is 4.79 Å². The highest BCUT2D eigenvalue weighted by atomic mass is 32.2. The van der Waals surface area contributed by atoms with Gasteiger partial charge in [-0.2, -0.15) is 10.2 Å². The van der Waals surface area contributed by atoms with Gasteiger partial charge < -0.3 is 10.6 Å². The molecule has 0 aromatic heterocycles. The molecule has 4 aromatic rings. The van der Waals surface area contributed by atoms with E-state index >= 15 is 0 Å². The Morgan fingerprint density at radius 2 is 1.23 bits per heavy atom. The van der Waals surface area contributed by atoms with Crippen LogP contribution in [-0.2, 0) is 18.7 Å². The van der Waals surface area contributed by atoms with Gasteiger partial charge >= 0.3 is 6.03 Å². The van der Waals surface area contributed by atoms with E-state index in [1.54, 1.807) is 72.8 Å². The lowest BCUT2D eigenvalue weighted by Gasteiger charge is -2.07. The Balaban J connectivity index is 1.61. The molecule has 200 valence electrons. The van der Waals surface area contributed by atoms with E-state index in [0.29, 0.717) is 43.6 Å². The van der Waals surface area contributed by atoms with Gasteiger partial charge in [-0.15, -0.1) is 18.9 Å². The fourth-order valence-electron chi connectivity index (χ4n) is 3.23. The van der Waals surface area contributed by atoms with Crippen molar-refractivity contribution in [2.75, 3.05) is 12.4 Å². The minimum Gasteiger partial charge on any atom is -0.341 e. The van der Waals surface area contributed by atoms with Crippen LogP contribution in [0.5, 0.6) is 0 Å². The third-order valence-corrected chi connectivity index (χ3v) is 6.17. The van der Waals surface area contributed by atoms with E-state index in [4.69, 9.17) is 10.5 Å². The van der Waals surface area contributed by atoms with Crippen molar-refractivity contribution in [1.29, 1.82) is 0 Å². The van der Waals surface area contributed by atoms with Gasteiger partial charge in [0.15, 0.2) is 0 Å². The molecule has 0 saturated carbocycles. The number of nitrogens with one attached hydrogen (secondary N) is 2. The van der Waals surface area contributed by atoms with Crippen molar-refractivity contribution in [1.82, 2.24) is 5.32 Å². The fraction of sp³-hybridized carbons (Fsp3) is 0.0417. The number of carbonyl (C=O) groups is 1. The van der Waals surface area contributed by atoms with Gasteiger partial charge in [0.05, 0.1) is 46.8 Å². The first-order valence-corrected chi connectivity index (χ1v) is 12.5. The first kappa shape index (κ1) is 28.1. The molecule has 0 bridgehead atoms. The van der Waals surface area contributed by atoms with Crippen LogP contribution in [0.2, 0.25) is 0 Å². The van der Waals surface area contributed by atoms with Crippen molar-refractivity contribution in [3.05, 3.63) is 78.9 Å². The molecule has 15 heteroatoms. The molecule has 0 heterocycles. The van der Waals surface area contributed by atoms with Crippen LogP contribution in [0, 0.1) is 0 Å². The van der Waals surface area contributed by atoms with Gasteiger partial charge in [-0.1, -0.05) is 16.1 Å². The summed E-state index contributed by atoms with van der Waals surface area (Å²) < 4.78 is 8.97. The summed E-state index contributed by atoms with van der Waals surface area (Å²) in [7, 11) is 1.54. The number of hydrogen-bond acceptors (Lipinski definition) is 13. The predicted octanol–water partition coefficient (Wildman–Crippen LogP) is 8.28. The van der Waals surface area contributed by atoms with Crippen molar-refractivity contribution in [3.63, 3.8) is 0 Å². The molecule has 4 rings (SSSR count). The molecule has 0 unspecified atom stereocenters. The van der Waals surface area contributed by atoms with Gasteiger partial charge in [-0.25, -0.2) is 15.3 Å². The van der Waals surface area contributed by atoms with E-state index in [0.717, 1.165) is 29.5 Å². The Morgan fingerprint density at radius 3 is 1.82 bits per heavy atom. The summed E-state index contributed by atoms with van der Waals surface area (Å²) in [5.74, 6) is 0. The van der Waals surface area contributed by atoms with Gasteiger partial charge in [0.2, 0.25) is 0 Å². The maximum absolute atomic E-state index is 11.5. The zero-order valence-corrected chi connectivity index (χ0v) is 21.7. The van der Waals surface area contributed by atoms with Gasteiger partial charge in [0.1, 0.15) is 0 Å². The number of carbonyl (C=O) groups excluding carboxylic acids is 1. The summed E-state index contributed by atoms with van der Waals surface area (Å²) in [4.78, 5) is 12.8. The van der Waals surface area contributed by atoms with Gasteiger partial charge in [0.25, 0.3) is 0 Å².